The van der Waals surface area contributed by atoms with Crippen LogP contribution in [-0.2, 0) is 0 Å². The number of allylic oxidation sites excluding steroid dienone is 2. The van der Waals surface area contributed by atoms with Gasteiger partial charge in [-0.2, -0.15) is 0 Å². The average Bonchev–Trinajstić information content (AvgIpc) is 1.81. The molecule has 0 aliphatic rings. The van der Waals surface area contributed by atoms with E-state index < -0.39 is 18.4 Å². The zero-order valence-electron chi connectivity index (χ0n) is 9.89. The molecule has 0 rings (SSSR count). The van der Waals surface area contributed by atoms with Crippen molar-refractivity contribution in [3.05, 3.63) is 12.2 Å². The van der Waals surface area contributed by atoms with E-state index in [9.17, 15) is 0 Å². The average molecular weight is 288 g/mol. The van der Waals surface area contributed by atoms with Crippen molar-refractivity contribution in [2.45, 2.75) is 45.6 Å². The van der Waals surface area contributed by atoms with Crippen molar-refractivity contribution in [3.8, 4) is 0 Å². The van der Waals surface area contributed by atoms with Gasteiger partial charge in [-0.1, -0.05) is 0 Å². The fourth-order valence-corrected chi connectivity index (χ4v) is 3.16. The Kier molecular flexibility index (Phi) is 5.26. The predicted molar refractivity (Wildman–Crippen MR) is 65.5 cm³/mol. The van der Waals surface area contributed by atoms with Crippen LogP contribution in [0.5, 0.6) is 0 Å². The summed E-state index contributed by atoms with van der Waals surface area (Å²) in [6.45, 7) is 6.33. The molecule has 0 radical (unpaired) electrons. The Labute approximate surface area is 87.2 Å². The standard InChI is InChI=1S/C8H14N.3CH3.Sn/c1-5-6-7-9-8(2,3)4;;;;/h5-7H,1H2,2-4H3;3*1H3;/b6-5+,9-7?;;;;. The van der Waals surface area contributed by atoms with Crippen molar-refractivity contribution >= 4 is 24.6 Å². The molecular formula is C11H23NSn. The van der Waals surface area contributed by atoms with Crippen LogP contribution in [-0.4, -0.2) is 30.1 Å². The minimum atomic E-state index is -1.56. The van der Waals surface area contributed by atoms with Crippen molar-refractivity contribution in [1.29, 1.82) is 0 Å². The second-order valence-corrected chi connectivity index (χ2v) is 21.4. The summed E-state index contributed by atoms with van der Waals surface area (Å²) in [6.07, 6.45) is 6.29. The Morgan fingerprint density at radius 2 is 1.69 bits per heavy atom. The third kappa shape index (κ3) is 12.2. The van der Waals surface area contributed by atoms with Gasteiger partial charge >= 0.3 is 87.3 Å². The molecule has 0 aromatic carbocycles. The Balaban J connectivity index is 3.84. The van der Waals surface area contributed by atoms with Gasteiger partial charge in [-0.05, 0) is 0 Å². The Morgan fingerprint density at radius 1 is 1.15 bits per heavy atom. The summed E-state index contributed by atoms with van der Waals surface area (Å²) >= 11 is -1.56. The van der Waals surface area contributed by atoms with E-state index in [2.05, 4.69) is 52.7 Å². The fraction of sp³-hybridized carbons (Fsp3) is 0.727. The van der Waals surface area contributed by atoms with Gasteiger partial charge < -0.3 is 0 Å². The van der Waals surface area contributed by atoms with Gasteiger partial charge in [0, 0.05) is 0 Å². The molecule has 13 heavy (non-hydrogen) atoms. The number of nitrogens with zero attached hydrogens (tertiary/aromatic N) is 1. The van der Waals surface area contributed by atoms with Crippen molar-refractivity contribution < 1.29 is 0 Å². The number of hydrogen-bond acceptors (Lipinski definition) is 1. The summed E-state index contributed by atoms with van der Waals surface area (Å²) in [6, 6.07) is 0. The molecule has 0 saturated carbocycles. The Bertz CT molecular complexity index is 191. The van der Waals surface area contributed by atoms with Gasteiger partial charge in [0.1, 0.15) is 0 Å². The first kappa shape index (κ1) is 13.2. The van der Waals surface area contributed by atoms with E-state index in [1.807, 2.05) is 6.21 Å². The van der Waals surface area contributed by atoms with E-state index in [0.717, 1.165) is 0 Å². The molecule has 0 aliphatic heterocycles. The quantitative estimate of drug-likeness (QED) is 0.554. The van der Waals surface area contributed by atoms with Crippen LogP contribution in [0.1, 0.15) is 20.8 Å². The van der Waals surface area contributed by atoms with Crippen molar-refractivity contribution in [1.82, 2.24) is 0 Å². The summed E-state index contributed by atoms with van der Waals surface area (Å²) in [7, 11) is 0. The van der Waals surface area contributed by atoms with Gasteiger partial charge in [-0.15, -0.1) is 0 Å². The van der Waals surface area contributed by atoms with E-state index >= 15 is 0 Å². The summed E-state index contributed by atoms with van der Waals surface area (Å²) in [5.74, 6) is 0. The second kappa shape index (κ2) is 5.18. The molecule has 0 spiro atoms. The molecule has 0 fully saturated rings. The van der Waals surface area contributed by atoms with E-state index in [-0.39, 0.29) is 5.54 Å². The Morgan fingerprint density at radius 3 is 2.08 bits per heavy atom. The number of hydrogen-bond donors (Lipinski definition) is 0. The van der Waals surface area contributed by atoms with Crippen molar-refractivity contribution in [3.63, 3.8) is 0 Å². The molecule has 0 aliphatic carbocycles. The van der Waals surface area contributed by atoms with Crippen LogP contribution in [0.15, 0.2) is 17.1 Å². The summed E-state index contributed by atoms with van der Waals surface area (Å²) in [5, 5.41) is 0. The maximum absolute atomic E-state index is 4.39. The molecule has 0 aromatic heterocycles. The SMILES string of the molecule is CC(C)(C)N=C/C=C/[CH2][Sn]([CH3])([CH3])[CH3]. The first-order chi connectivity index (χ1) is 5.71. The topological polar surface area (TPSA) is 12.4 Å². The molecular weight excluding hydrogens is 265 g/mol. The van der Waals surface area contributed by atoms with Crippen LogP contribution in [0.2, 0.25) is 19.3 Å². The van der Waals surface area contributed by atoms with Gasteiger partial charge in [0.2, 0.25) is 0 Å². The van der Waals surface area contributed by atoms with Crippen LogP contribution in [0.4, 0.5) is 0 Å². The monoisotopic (exact) mass is 289 g/mol. The van der Waals surface area contributed by atoms with Crippen LogP contribution in [0.25, 0.3) is 0 Å². The molecule has 1 nitrogen and oxygen atoms in total. The van der Waals surface area contributed by atoms with Crippen molar-refractivity contribution in [2.75, 3.05) is 0 Å². The van der Waals surface area contributed by atoms with Gasteiger partial charge in [0.05, 0.1) is 0 Å². The van der Waals surface area contributed by atoms with Crippen LogP contribution < -0.4 is 0 Å². The summed E-state index contributed by atoms with van der Waals surface area (Å²) in [5.41, 5.74) is 0.0648. The molecule has 0 heterocycles. The van der Waals surface area contributed by atoms with Gasteiger partial charge in [0.25, 0.3) is 0 Å². The zero-order chi connectivity index (χ0) is 10.5. The molecule has 0 atom stereocenters. The molecule has 0 saturated heterocycles. The normalized spacial score (nSPS) is 14.6. The van der Waals surface area contributed by atoms with Crippen molar-refractivity contribution in [2.24, 2.45) is 4.99 Å². The zero-order valence-corrected chi connectivity index (χ0v) is 12.7. The van der Waals surface area contributed by atoms with Gasteiger partial charge in [-0.3, -0.25) is 0 Å². The minimum absolute atomic E-state index is 0.0648. The fourth-order valence-electron chi connectivity index (χ4n) is 0.749. The predicted octanol–water partition coefficient (Wildman–Crippen LogP) is 3.75. The summed E-state index contributed by atoms with van der Waals surface area (Å²) in [4.78, 5) is 11.7. The first-order valence-corrected chi connectivity index (χ1v) is 15.5. The number of aliphatic imine (C=N–C) groups is 1. The maximum atomic E-state index is 4.39. The first-order valence-electron chi connectivity index (χ1n) is 4.91. The Hall–Kier alpha value is 0.209. The second-order valence-electron chi connectivity index (χ2n) is 5.64. The molecule has 0 aromatic rings. The van der Waals surface area contributed by atoms with Crippen LogP contribution in [0.3, 0.4) is 0 Å². The molecule has 76 valence electrons. The van der Waals surface area contributed by atoms with E-state index in [0.29, 0.717) is 0 Å². The number of rotatable bonds is 3. The molecule has 2 heteroatoms. The molecule has 0 unspecified atom stereocenters. The van der Waals surface area contributed by atoms with Gasteiger partial charge in [0.15, 0.2) is 0 Å². The third-order valence-electron chi connectivity index (χ3n) is 1.41. The van der Waals surface area contributed by atoms with Crippen LogP contribution >= 0.6 is 0 Å². The van der Waals surface area contributed by atoms with Crippen LogP contribution in [0, 0.1) is 0 Å². The molecule has 0 amide bonds. The third-order valence-corrected chi connectivity index (χ3v) is 5.58. The molecule has 0 bridgehead atoms. The van der Waals surface area contributed by atoms with E-state index in [1.54, 1.807) is 0 Å². The van der Waals surface area contributed by atoms with E-state index in [1.165, 1.54) is 4.44 Å². The van der Waals surface area contributed by atoms with E-state index in [4.69, 9.17) is 0 Å². The summed E-state index contributed by atoms with van der Waals surface area (Å²) < 4.78 is 1.31. The van der Waals surface area contributed by atoms with Gasteiger partial charge in [-0.25, -0.2) is 0 Å². The molecule has 0 N–H and O–H groups in total.